The highest BCUT2D eigenvalue weighted by Gasteiger charge is 2.30. The van der Waals surface area contributed by atoms with Crippen molar-refractivity contribution in [3.05, 3.63) is 5.82 Å². The van der Waals surface area contributed by atoms with Gasteiger partial charge in [0.15, 0.2) is 5.82 Å². The molecule has 7 nitrogen and oxygen atoms in total. The Kier molecular flexibility index (Phi) is 2.71. The standard InChI is InChI=1S/C7H13N5O2/c13-4-5-1-12(2-6(5)14)3-7-8-10-11-9-7/h5-6,13-14H,1-4H2,(H,8,9,10,11). The van der Waals surface area contributed by atoms with Gasteiger partial charge in [0.05, 0.1) is 12.6 Å². The summed E-state index contributed by atoms with van der Waals surface area (Å²) in [5, 5.41) is 31.9. The van der Waals surface area contributed by atoms with E-state index in [2.05, 4.69) is 20.6 Å². The van der Waals surface area contributed by atoms with E-state index in [0.29, 0.717) is 25.5 Å². The Morgan fingerprint density at radius 1 is 1.50 bits per heavy atom. The second-order valence-corrected chi connectivity index (χ2v) is 3.53. The first-order chi connectivity index (χ1) is 6.79. The molecule has 2 heterocycles. The van der Waals surface area contributed by atoms with Crippen LogP contribution in [0.4, 0.5) is 0 Å². The third-order valence-corrected chi connectivity index (χ3v) is 2.47. The number of hydrogen-bond donors (Lipinski definition) is 3. The van der Waals surface area contributed by atoms with Crippen molar-refractivity contribution in [1.82, 2.24) is 25.5 Å². The maximum Gasteiger partial charge on any atom is 0.188 e. The molecule has 0 saturated carbocycles. The number of aromatic amines is 1. The maximum atomic E-state index is 9.52. The number of aromatic nitrogens is 4. The van der Waals surface area contributed by atoms with Crippen molar-refractivity contribution in [2.75, 3.05) is 19.7 Å². The van der Waals surface area contributed by atoms with Crippen LogP contribution >= 0.6 is 0 Å². The number of aliphatic hydroxyl groups is 2. The second kappa shape index (κ2) is 3.99. The Morgan fingerprint density at radius 3 is 2.93 bits per heavy atom. The molecule has 1 saturated heterocycles. The number of H-pyrrole nitrogens is 1. The zero-order valence-corrected chi connectivity index (χ0v) is 7.67. The van der Waals surface area contributed by atoms with Gasteiger partial charge < -0.3 is 10.2 Å². The van der Waals surface area contributed by atoms with E-state index in [1.54, 1.807) is 0 Å². The molecule has 78 valence electrons. The van der Waals surface area contributed by atoms with Gasteiger partial charge in [0.2, 0.25) is 0 Å². The van der Waals surface area contributed by atoms with Crippen LogP contribution in [0.2, 0.25) is 0 Å². The lowest BCUT2D eigenvalue weighted by molar-refractivity contribution is 0.103. The molecular weight excluding hydrogens is 186 g/mol. The van der Waals surface area contributed by atoms with Gasteiger partial charge in [-0.25, -0.2) is 0 Å². The first-order valence-corrected chi connectivity index (χ1v) is 4.53. The average Bonchev–Trinajstić information content (AvgIpc) is 2.76. The lowest BCUT2D eigenvalue weighted by atomic mass is 10.1. The van der Waals surface area contributed by atoms with Gasteiger partial charge in [0.1, 0.15) is 0 Å². The van der Waals surface area contributed by atoms with Gasteiger partial charge in [-0.3, -0.25) is 4.90 Å². The summed E-state index contributed by atoms with van der Waals surface area (Å²) in [6.07, 6.45) is -0.452. The zero-order valence-electron chi connectivity index (χ0n) is 7.67. The molecule has 0 bridgehead atoms. The van der Waals surface area contributed by atoms with Crippen molar-refractivity contribution < 1.29 is 10.2 Å². The van der Waals surface area contributed by atoms with E-state index in [4.69, 9.17) is 5.11 Å². The van der Waals surface area contributed by atoms with Crippen LogP contribution in [0, 0.1) is 5.92 Å². The van der Waals surface area contributed by atoms with Gasteiger partial charge in [0.25, 0.3) is 0 Å². The second-order valence-electron chi connectivity index (χ2n) is 3.53. The zero-order chi connectivity index (χ0) is 9.97. The molecule has 2 unspecified atom stereocenters. The van der Waals surface area contributed by atoms with Crippen molar-refractivity contribution in [3.8, 4) is 0 Å². The lowest BCUT2D eigenvalue weighted by Gasteiger charge is -2.11. The minimum atomic E-state index is -0.452. The van der Waals surface area contributed by atoms with Gasteiger partial charge in [-0.1, -0.05) is 5.21 Å². The van der Waals surface area contributed by atoms with Crippen LogP contribution in [0.15, 0.2) is 0 Å². The molecule has 3 N–H and O–H groups in total. The smallest absolute Gasteiger partial charge is 0.188 e. The van der Waals surface area contributed by atoms with E-state index in [0.717, 1.165) is 0 Å². The predicted octanol–water partition coefficient (Wildman–Crippen LogP) is -2.02. The molecule has 14 heavy (non-hydrogen) atoms. The first-order valence-electron chi connectivity index (χ1n) is 4.53. The molecule has 1 aromatic rings. The highest BCUT2D eigenvalue weighted by molar-refractivity contribution is 4.86. The van der Waals surface area contributed by atoms with Crippen LogP contribution in [0.3, 0.4) is 0 Å². The number of nitrogens with one attached hydrogen (secondary N) is 1. The van der Waals surface area contributed by atoms with Gasteiger partial charge in [-0.2, -0.15) is 5.21 Å². The summed E-state index contributed by atoms with van der Waals surface area (Å²) >= 11 is 0. The molecule has 1 aliphatic heterocycles. The molecule has 2 atom stereocenters. The SMILES string of the molecule is OCC1CN(Cc2nn[nH]n2)CC1O. The topological polar surface area (TPSA) is 98.2 Å². The molecule has 7 heteroatoms. The van der Waals surface area contributed by atoms with Crippen molar-refractivity contribution in [3.63, 3.8) is 0 Å². The molecule has 1 fully saturated rings. The van der Waals surface area contributed by atoms with E-state index in [1.807, 2.05) is 4.90 Å². The maximum absolute atomic E-state index is 9.52. The molecule has 1 aromatic heterocycles. The number of likely N-dealkylation sites (tertiary alicyclic amines) is 1. The fourth-order valence-corrected chi connectivity index (χ4v) is 1.70. The number of hydrogen-bond acceptors (Lipinski definition) is 6. The van der Waals surface area contributed by atoms with Gasteiger partial charge in [0, 0.05) is 25.6 Å². The number of tetrazole rings is 1. The third kappa shape index (κ3) is 1.89. The monoisotopic (exact) mass is 199 g/mol. The van der Waals surface area contributed by atoms with Crippen LogP contribution in [0.25, 0.3) is 0 Å². The normalized spacial score (nSPS) is 28.4. The fraction of sp³-hybridized carbons (Fsp3) is 0.857. The Labute approximate surface area is 80.7 Å². The molecule has 2 rings (SSSR count). The minimum absolute atomic E-state index is 0.0178. The Bertz CT molecular complexity index is 278. The summed E-state index contributed by atoms with van der Waals surface area (Å²) in [5.41, 5.74) is 0. The van der Waals surface area contributed by atoms with Crippen molar-refractivity contribution >= 4 is 0 Å². The van der Waals surface area contributed by atoms with Crippen LogP contribution in [-0.4, -0.2) is 61.5 Å². The van der Waals surface area contributed by atoms with E-state index in [1.165, 1.54) is 0 Å². The number of rotatable bonds is 3. The number of aliphatic hydroxyl groups excluding tert-OH is 2. The summed E-state index contributed by atoms with van der Waals surface area (Å²) in [7, 11) is 0. The Morgan fingerprint density at radius 2 is 2.36 bits per heavy atom. The third-order valence-electron chi connectivity index (χ3n) is 2.47. The van der Waals surface area contributed by atoms with Crippen molar-refractivity contribution in [2.24, 2.45) is 5.92 Å². The van der Waals surface area contributed by atoms with Crippen LogP contribution in [-0.2, 0) is 6.54 Å². The summed E-state index contributed by atoms with van der Waals surface area (Å²) in [5.74, 6) is 0.553. The highest BCUT2D eigenvalue weighted by Crippen LogP contribution is 2.17. The average molecular weight is 199 g/mol. The van der Waals surface area contributed by atoms with E-state index >= 15 is 0 Å². The number of β-amino-alcohol motifs (C(OH)–C–C–N with tert-alkyl or cyclic N) is 1. The van der Waals surface area contributed by atoms with Gasteiger partial charge in [-0.05, 0) is 0 Å². The summed E-state index contributed by atoms with van der Waals surface area (Å²) in [4.78, 5) is 2.00. The summed E-state index contributed by atoms with van der Waals surface area (Å²) in [6.45, 7) is 1.81. The quantitative estimate of drug-likeness (QED) is 0.520. The Hall–Kier alpha value is -1.05. The summed E-state index contributed by atoms with van der Waals surface area (Å²) < 4.78 is 0. The van der Waals surface area contributed by atoms with E-state index < -0.39 is 6.10 Å². The first kappa shape index (κ1) is 9.50. The highest BCUT2D eigenvalue weighted by atomic mass is 16.3. The van der Waals surface area contributed by atoms with Crippen LogP contribution < -0.4 is 0 Å². The number of nitrogens with zero attached hydrogens (tertiary/aromatic N) is 4. The van der Waals surface area contributed by atoms with Gasteiger partial charge in [-0.15, -0.1) is 10.2 Å². The lowest BCUT2D eigenvalue weighted by Crippen LogP contribution is -2.22. The van der Waals surface area contributed by atoms with Crippen LogP contribution in [0.1, 0.15) is 5.82 Å². The molecule has 0 aromatic carbocycles. The Balaban J connectivity index is 1.89. The molecule has 1 aliphatic rings. The fourth-order valence-electron chi connectivity index (χ4n) is 1.70. The molecule has 0 aliphatic carbocycles. The van der Waals surface area contributed by atoms with Crippen LogP contribution in [0.5, 0.6) is 0 Å². The predicted molar refractivity (Wildman–Crippen MR) is 46.0 cm³/mol. The van der Waals surface area contributed by atoms with Crippen molar-refractivity contribution in [2.45, 2.75) is 12.6 Å². The molecule has 0 radical (unpaired) electrons. The minimum Gasteiger partial charge on any atom is -0.396 e. The van der Waals surface area contributed by atoms with Crippen molar-refractivity contribution in [1.29, 1.82) is 0 Å². The molecular formula is C7H13N5O2. The van der Waals surface area contributed by atoms with E-state index in [-0.39, 0.29) is 12.5 Å². The van der Waals surface area contributed by atoms with E-state index in [9.17, 15) is 5.11 Å². The molecule has 0 amide bonds. The van der Waals surface area contributed by atoms with Gasteiger partial charge >= 0.3 is 0 Å². The largest absolute Gasteiger partial charge is 0.396 e. The summed E-state index contributed by atoms with van der Waals surface area (Å²) in [6, 6.07) is 0. The molecule has 0 spiro atoms.